The third-order valence-corrected chi connectivity index (χ3v) is 6.55. The van der Waals surface area contributed by atoms with Gasteiger partial charge in [0.15, 0.2) is 0 Å². The average Bonchev–Trinajstić information content (AvgIpc) is 3.26. The van der Waals surface area contributed by atoms with Crippen LogP contribution >= 0.6 is 0 Å². The summed E-state index contributed by atoms with van der Waals surface area (Å²) >= 11 is 0. The molecule has 0 radical (unpaired) electrons. The molecule has 1 saturated carbocycles. The Balaban J connectivity index is 0.000000968. The van der Waals surface area contributed by atoms with Crippen LogP contribution in [0.25, 0.3) is 0 Å². The van der Waals surface area contributed by atoms with Crippen molar-refractivity contribution < 1.29 is 29.1 Å². The second kappa shape index (κ2) is 10.4. The Hall–Kier alpha value is -3.51. The predicted octanol–water partition coefficient (Wildman–Crippen LogP) is -1.45. The fraction of sp³-hybridized carbons (Fsp3) is 0.650. The minimum atomic E-state index is -0.438. The van der Waals surface area contributed by atoms with Crippen molar-refractivity contribution in [2.75, 3.05) is 39.8 Å². The van der Waals surface area contributed by atoms with Crippen LogP contribution in [0.1, 0.15) is 18.7 Å². The number of aryl methyl sites for hydroxylation is 1. The maximum Gasteiger partial charge on any atom is 0.327 e. The maximum atomic E-state index is 12.7. The summed E-state index contributed by atoms with van der Waals surface area (Å²) in [6, 6.07) is -0.438. The number of amides is 5. The molecule has 1 aromatic heterocycles. The molecule has 5 amide bonds. The molecule has 2 N–H and O–H groups in total. The summed E-state index contributed by atoms with van der Waals surface area (Å²) in [5.41, 5.74) is 0. The number of rotatable bonds is 6. The van der Waals surface area contributed by atoms with Gasteiger partial charge < -0.3 is 20.2 Å². The number of nitrogens with one attached hydrogen (secondary N) is 1. The minimum Gasteiger partial charge on any atom is -0.483 e. The van der Waals surface area contributed by atoms with Gasteiger partial charge in [-0.2, -0.15) is 5.10 Å². The van der Waals surface area contributed by atoms with Gasteiger partial charge in [0.25, 0.3) is 12.4 Å². The Morgan fingerprint density at radius 1 is 1.30 bits per heavy atom. The first-order valence-electron chi connectivity index (χ1n) is 10.8. The van der Waals surface area contributed by atoms with Crippen LogP contribution in [0.2, 0.25) is 0 Å². The lowest BCUT2D eigenvalue weighted by Crippen LogP contribution is -2.57. The van der Waals surface area contributed by atoms with Gasteiger partial charge >= 0.3 is 6.03 Å². The van der Waals surface area contributed by atoms with Crippen molar-refractivity contribution in [2.24, 2.45) is 24.8 Å². The number of nitrogens with zero attached hydrogens (tertiary/aromatic N) is 6. The van der Waals surface area contributed by atoms with Gasteiger partial charge in [-0.15, -0.1) is 0 Å². The van der Waals surface area contributed by atoms with Gasteiger partial charge in [-0.1, -0.05) is 0 Å². The minimum absolute atomic E-state index is 0.00734. The van der Waals surface area contributed by atoms with E-state index >= 15 is 0 Å². The van der Waals surface area contributed by atoms with Crippen molar-refractivity contribution in [2.45, 2.75) is 19.3 Å². The zero-order valence-electron chi connectivity index (χ0n) is 18.7. The Morgan fingerprint density at radius 2 is 2.03 bits per heavy atom. The number of hydrogen-bond donors (Lipinski definition) is 2. The van der Waals surface area contributed by atoms with Crippen molar-refractivity contribution in [3.63, 3.8) is 0 Å². The first-order valence-corrected chi connectivity index (χ1v) is 10.8. The van der Waals surface area contributed by atoms with E-state index in [1.807, 2.05) is 7.05 Å². The van der Waals surface area contributed by atoms with Gasteiger partial charge in [0.1, 0.15) is 25.2 Å². The van der Waals surface area contributed by atoms with Gasteiger partial charge in [0.05, 0.1) is 0 Å². The fourth-order valence-electron chi connectivity index (χ4n) is 4.65. The van der Waals surface area contributed by atoms with E-state index in [-0.39, 0.29) is 49.1 Å². The molecule has 1 aromatic rings. The molecule has 1 aliphatic carbocycles. The number of imide groups is 1. The number of carboxylic acid groups (broad SMARTS) is 1. The molecule has 2 aliphatic heterocycles. The first-order chi connectivity index (χ1) is 15.8. The molecule has 0 spiro atoms. The van der Waals surface area contributed by atoms with Crippen molar-refractivity contribution >= 4 is 30.2 Å². The highest BCUT2D eigenvalue weighted by Crippen LogP contribution is 2.45. The summed E-state index contributed by atoms with van der Waals surface area (Å²) < 4.78 is 1.68. The number of piperidine rings is 1. The number of urea groups is 1. The molecule has 3 atom stereocenters. The summed E-state index contributed by atoms with van der Waals surface area (Å²) in [6.45, 7) is 1.12. The second-order valence-corrected chi connectivity index (χ2v) is 8.46. The quantitative estimate of drug-likeness (QED) is 0.383. The molecule has 4 rings (SSSR count). The second-order valence-electron chi connectivity index (χ2n) is 8.46. The maximum absolute atomic E-state index is 12.7. The molecule has 0 aromatic carbocycles. The predicted molar refractivity (Wildman–Crippen MR) is 112 cm³/mol. The van der Waals surface area contributed by atoms with E-state index in [2.05, 4.69) is 15.4 Å². The zero-order valence-corrected chi connectivity index (χ0v) is 18.7. The summed E-state index contributed by atoms with van der Waals surface area (Å²) in [6.07, 6.45) is 3.79. The van der Waals surface area contributed by atoms with Crippen LogP contribution in [0, 0.1) is 17.8 Å². The summed E-state index contributed by atoms with van der Waals surface area (Å²) in [5, 5.41) is 13.9. The van der Waals surface area contributed by atoms with Gasteiger partial charge in [-0.05, 0) is 24.7 Å². The number of carbonyl (C=O) groups excluding carboxylic acids is 4. The highest BCUT2D eigenvalue weighted by atomic mass is 16.3. The van der Waals surface area contributed by atoms with E-state index in [1.165, 1.54) is 18.3 Å². The summed E-state index contributed by atoms with van der Waals surface area (Å²) in [5.74, 6) is 0.710. The van der Waals surface area contributed by atoms with Crippen LogP contribution in [0.3, 0.4) is 0 Å². The Labute approximate surface area is 190 Å². The SMILES string of the molecule is CN1CC(=O)N(CC(=O)N2CC[C@@H]3C[C@@H](C(=O)NCCc4ncnn4C)[C@@H]3C2)C1=O.O=CO. The molecule has 2 saturated heterocycles. The highest BCUT2D eigenvalue weighted by Gasteiger charge is 2.48. The van der Waals surface area contributed by atoms with Gasteiger partial charge in [0, 0.05) is 46.1 Å². The van der Waals surface area contributed by atoms with Crippen molar-refractivity contribution in [1.82, 2.24) is 34.8 Å². The lowest BCUT2D eigenvalue weighted by Gasteiger charge is -2.50. The molecule has 3 heterocycles. The number of likely N-dealkylation sites (tertiary alicyclic amines) is 1. The normalized spacial score (nSPS) is 23.9. The van der Waals surface area contributed by atoms with Crippen LogP contribution in [-0.4, -0.2) is 105 Å². The first kappa shape index (κ1) is 24.1. The van der Waals surface area contributed by atoms with Crippen molar-refractivity contribution in [3.05, 3.63) is 12.2 Å². The largest absolute Gasteiger partial charge is 0.483 e. The molecule has 0 unspecified atom stereocenters. The van der Waals surface area contributed by atoms with Crippen molar-refractivity contribution in [3.8, 4) is 0 Å². The van der Waals surface area contributed by atoms with Gasteiger partial charge in [-0.25, -0.2) is 9.78 Å². The van der Waals surface area contributed by atoms with Gasteiger partial charge in [0.2, 0.25) is 11.8 Å². The van der Waals surface area contributed by atoms with Crippen LogP contribution in [-0.2, 0) is 32.6 Å². The zero-order chi connectivity index (χ0) is 24.1. The van der Waals surface area contributed by atoms with Crippen LogP contribution in [0.4, 0.5) is 4.79 Å². The molecule has 13 heteroatoms. The lowest BCUT2D eigenvalue weighted by atomic mass is 9.61. The number of carbonyl (C=O) groups is 5. The standard InChI is InChI=1S/C19H27N7O4.CH2O2/c1-23-9-17(28)26(19(23)30)10-16(27)25-6-4-12-7-13(14(12)8-25)18(29)20-5-3-15-21-11-22-24(15)2;2-1-3/h11-14H,3-10H2,1-2H3,(H,20,29);1H,(H,2,3)/t12-,13-,14-;/m1./s1. The highest BCUT2D eigenvalue weighted by molar-refractivity contribution is 6.04. The van der Waals surface area contributed by atoms with Crippen molar-refractivity contribution in [1.29, 1.82) is 0 Å². The topological polar surface area (TPSA) is 158 Å². The number of hydrogen-bond acceptors (Lipinski definition) is 7. The van der Waals surface area contributed by atoms with Crippen LogP contribution < -0.4 is 5.32 Å². The Kier molecular flexibility index (Phi) is 7.61. The molecule has 0 bridgehead atoms. The molecule has 33 heavy (non-hydrogen) atoms. The fourth-order valence-corrected chi connectivity index (χ4v) is 4.65. The number of aromatic nitrogens is 3. The monoisotopic (exact) mass is 463 g/mol. The van der Waals surface area contributed by atoms with E-state index in [0.717, 1.165) is 23.6 Å². The van der Waals surface area contributed by atoms with E-state index in [1.54, 1.807) is 9.58 Å². The molecular formula is C20H29N7O6. The molecule has 3 aliphatic rings. The van der Waals surface area contributed by atoms with Gasteiger partial charge in [-0.3, -0.25) is 28.8 Å². The average molecular weight is 463 g/mol. The van der Waals surface area contributed by atoms with Crippen LogP contribution in [0.5, 0.6) is 0 Å². The molecule has 180 valence electrons. The molecular weight excluding hydrogens is 434 g/mol. The smallest absolute Gasteiger partial charge is 0.327 e. The Bertz CT molecular complexity index is 918. The summed E-state index contributed by atoms with van der Waals surface area (Å²) in [7, 11) is 3.35. The third-order valence-electron chi connectivity index (χ3n) is 6.55. The lowest BCUT2D eigenvalue weighted by molar-refractivity contribution is -0.146. The molecule has 3 fully saturated rings. The number of fused-ring (bicyclic) bond motifs is 1. The van der Waals surface area contributed by atoms with E-state index in [9.17, 15) is 19.2 Å². The van der Waals surface area contributed by atoms with E-state index < -0.39 is 6.03 Å². The van der Waals surface area contributed by atoms with E-state index in [0.29, 0.717) is 32.0 Å². The Morgan fingerprint density at radius 3 is 2.64 bits per heavy atom. The summed E-state index contributed by atoms with van der Waals surface area (Å²) in [4.78, 5) is 65.7. The van der Waals surface area contributed by atoms with Crippen LogP contribution in [0.15, 0.2) is 6.33 Å². The van der Waals surface area contributed by atoms with E-state index in [4.69, 9.17) is 9.90 Å². The number of likely N-dealkylation sites (N-methyl/N-ethyl adjacent to an activating group) is 1. The third kappa shape index (κ3) is 5.29. The molecule has 13 nitrogen and oxygen atoms in total.